The summed E-state index contributed by atoms with van der Waals surface area (Å²) in [5.74, 6) is -1.52. The maximum atomic E-state index is 12.5. The van der Waals surface area contributed by atoms with Gasteiger partial charge in [0.1, 0.15) is 0 Å². The Morgan fingerprint density at radius 1 is 1.58 bits per heavy atom. The van der Waals surface area contributed by atoms with E-state index in [1.807, 2.05) is 0 Å². The van der Waals surface area contributed by atoms with Crippen LogP contribution < -0.4 is 0 Å². The van der Waals surface area contributed by atoms with Crippen molar-refractivity contribution in [1.82, 2.24) is 9.97 Å². The van der Waals surface area contributed by atoms with Gasteiger partial charge in [0.25, 0.3) is 0 Å². The van der Waals surface area contributed by atoms with E-state index in [9.17, 15) is 9.18 Å². The Labute approximate surface area is 71.8 Å². The van der Waals surface area contributed by atoms with E-state index in [4.69, 9.17) is 5.11 Å². The number of carboxylic acids is 1. The summed E-state index contributed by atoms with van der Waals surface area (Å²) in [5.41, 5.74) is -2.01. The fourth-order valence-corrected chi connectivity index (χ4v) is 1.02. The first-order valence-corrected chi connectivity index (χ1v) is 3.88. The van der Waals surface area contributed by atoms with Crippen LogP contribution in [0.15, 0.2) is 23.6 Å². The Morgan fingerprint density at radius 2 is 2.17 bits per heavy atom. The predicted molar refractivity (Wildman–Crippen MR) is 40.4 cm³/mol. The van der Waals surface area contributed by atoms with Crippen molar-refractivity contribution in [3.63, 3.8) is 0 Å². The molecule has 0 bridgehead atoms. The quantitative estimate of drug-likeness (QED) is 0.565. The van der Waals surface area contributed by atoms with E-state index >= 15 is 0 Å². The minimum Gasteiger partial charge on any atom is -0.478 e. The van der Waals surface area contributed by atoms with E-state index in [0.29, 0.717) is 11.8 Å². The summed E-state index contributed by atoms with van der Waals surface area (Å²) >= 11 is 0.463. The van der Waals surface area contributed by atoms with Crippen LogP contribution in [0.1, 0.15) is 0 Å². The second-order valence-electron chi connectivity index (χ2n) is 1.80. The molecule has 0 saturated carbocycles. The van der Waals surface area contributed by atoms with E-state index in [1.54, 1.807) is 6.07 Å². The maximum absolute atomic E-state index is 12.5. The number of nitrogens with zero attached hydrogens (tertiary/aromatic N) is 2. The van der Waals surface area contributed by atoms with Crippen LogP contribution in [0.4, 0.5) is 4.39 Å². The molecule has 1 N–H and O–H groups in total. The zero-order valence-corrected chi connectivity index (χ0v) is 6.66. The van der Waals surface area contributed by atoms with Crippen molar-refractivity contribution in [2.24, 2.45) is 0 Å². The number of rotatable bonds is 3. The molecule has 1 aromatic heterocycles. The van der Waals surface area contributed by atoms with Gasteiger partial charge in [0.15, 0.2) is 5.16 Å². The minimum absolute atomic E-state index is 0.118. The van der Waals surface area contributed by atoms with Crippen LogP contribution in [0.2, 0.25) is 0 Å². The fourth-order valence-electron chi connectivity index (χ4n) is 0.489. The lowest BCUT2D eigenvalue weighted by atomic mass is 10.7. The summed E-state index contributed by atoms with van der Waals surface area (Å²) in [5, 5.41) is 8.31. The summed E-state index contributed by atoms with van der Waals surface area (Å²) in [4.78, 5) is 17.4. The molecule has 0 aromatic carbocycles. The first-order valence-electron chi connectivity index (χ1n) is 3.00. The average Bonchev–Trinajstić information content (AvgIpc) is 2.06. The highest BCUT2D eigenvalue weighted by molar-refractivity contribution is 8.00. The third kappa shape index (κ3) is 2.46. The molecular formula is C6H5FN2O2S. The third-order valence-corrected chi connectivity index (χ3v) is 1.78. The molecule has 6 heteroatoms. The Morgan fingerprint density at radius 3 is 2.67 bits per heavy atom. The van der Waals surface area contributed by atoms with Crippen LogP contribution in [-0.4, -0.2) is 26.5 Å². The standard InChI is InChI=1S/C6H5FN2O2S/c7-4(5(10)11)12-6-8-2-1-3-9-6/h1-4H,(H,10,11)/t4-/m1/s1. The normalized spacial score (nSPS) is 12.4. The van der Waals surface area contributed by atoms with Crippen LogP contribution in [0, 0.1) is 0 Å². The van der Waals surface area contributed by atoms with E-state index in [2.05, 4.69) is 9.97 Å². The molecule has 0 radical (unpaired) electrons. The summed E-state index contributed by atoms with van der Waals surface area (Å²) < 4.78 is 12.5. The van der Waals surface area contributed by atoms with E-state index < -0.39 is 11.5 Å². The Balaban J connectivity index is 2.58. The van der Waals surface area contributed by atoms with Gasteiger partial charge >= 0.3 is 5.97 Å². The molecule has 12 heavy (non-hydrogen) atoms. The van der Waals surface area contributed by atoms with Gasteiger partial charge in [-0.2, -0.15) is 0 Å². The summed E-state index contributed by atoms with van der Waals surface area (Å²) in [6.45, 7) is 0. The Kier molecular flexibility index (Phi) is 2.98. The number of aromatic nitrogens is 2. The van der Waals surface area contributed by atoms with Crippen molar-refractivity contribution in [2.75, 3.05) is 0 Å². The Bertz CT molecular complexity index is 270. The second-order valence-corrected chi connectivity index (χ2v) is 2.82. The van der Waals surface area contributed by atoms with Crippen LogP contribution in [0.25, 0.3) is 0 Å². The largest absolute Gasteiger partial charge is 0.478 e. The molecule has 1 aromatic rings. The number of halogens is 1. The van der Waals surface area contributed by atoms with E-state index in [0.717, 1.165) is 0 Å². The minimum atomic E-state index is -2.01. The molecule has 0 fully saturated rings. The van der Waals surface area contributed by atoms with Gasteiger partial charge in [-0.05, 0) is 17.8 Å². The number of hydrogen-bond acceptors (Lipinski definition) is 4. The van der Waals surface area contributed by atoms with Crippen LogP contribution in [-0.2, 0) is 4.79 Å². The van der Waals surface area contributed by atoms with Crippen molar-refractivity contribution in [3.8, 4) is 0 Å². The van der Waals surface area contributed by atoms with Gasteiger partial charge in [-0.15, -0.1) is 0 Å². The first kappa shape index (κ1) is 8.92. The molecule has 1 atom stereocenters. The molecule has 64 valence electrons. The van der Waals surface area contributed by atoms with Crippen LogP contribution in [0.3, 0.4) is 0 Å². The molecule has 0 unspecified atom stereocenters. The first-order chi connectivity index (χ1) is 5.70. The number of thioether (sulfide) groups is 1. The topological polar surface area (TPSA) is 63.1 Å². The van der Waals surface area contributed by atoms with Crippen molar-refractivity contribution in [2.45, 2.75) is 10.7 Å². The smallest absolute Gasteiger partial charge is 0.349 e. The monoisotopic (exact) mass is 188 g/mol. The molecule has 0 amide bonds. The highest BCUT2D eigenvalue weighted by Crippen LogP contribution is 2.19. The van der Waals surface area contributed by atoms with Crippen LogP contribution in [0.5, 0.6) is 0 Å². The van der Waals surface area contributed by atoms with E-state index in [-0.39, 0.29) is 5.16 Å². The zero-order chi connectivity index (χ0) is 8.97. The molecule has 0 saturated heterocycles. The Hall–Kier alpha value is -1.17. The average molecular weight is 188 g/mol. The molecule has 4 nitrogen and oxygen atoms in total. The lowest BCUT2D eigenvalue weighted by Crippen LogP contribution is -2.10. The highest BCUT2D eigenvalue weighted by atomic mass is 32.2. The van der Waals surface area contributed by atoms with Crippen LogP contribution >= 0.6 is 11.8 Å². The molecule has 1 heterocycles. The summed E-state index contributed by atoms with van der Waals surface area (Å²) in [6, 6.07) is 1.57. The molecular weight excluding hydrogens is 183 g/mol. The molecule has 0 aliphatic heterocycles. The molecule has 1 rings (SSSR count). The van der Waals surface area contributed by atoms with Gasteiger partial charge in [-0.25, -0.2) is 19.2 Å². The number of carbonyl (C=O) groups is 1. The van der Waals surface area contributed by atoms with Gasteiger partial charge in [0, 0.05) is 12.4 Å². The van der Waals surface area contributed by atoms with Gasteiger partial charge in [-0.3, -0.25) is 0 Å². The SMILES string of the molecule is O=C(O)[C@H](F)Sc1ncccn1. The van der Waals surface area contributed by atoms with Gasteiger partial charge in [0.05, 0.1) is 0 Å². The van der Waals surface area contributed by atoms with Crippen molar-refractivity contribution in [1.29, 1.82) is 0 Å². The summed E-state index contributed by atoms with van der Waals surface area (Å²) in [6.07, 6.45) is 2.84. The van der Waals surface area contributed by atoms with Crippen molar-refractivity contribution >= 4 is 17.7 Å². The lowest BCUT2D eigenvalue weighted by Gasteiger charge is -1.99. The fraction of sp³-hybridized carbons (Fsp3) is 0.167. The molecule has 0 aliphatic rings. The second kappa shape index (κ2) is 4.01. The third-order valence-electron chi connectivity index (χ3n) is 0.945. The number of aliphatic carboxylic acids is 1. The van der Waals surface area contributed by atoms with Gasteiger partial charge in [-0.1, -0.05) is 0 Å². The number of alkyl halides is 1. The van der Waals surface area contributed by atoms with Gasteiger partial charge in [0.2, 0.25) is 5.50 Å². The maximum Gasteiger partial charge on any atom is 0.349 e. The number of hydrogen-bond donors (Lipinski definition) is 1. The van der Waals surface area contributed by atoms with Crippen molar-refractivity contribution in [3.05, 3.63) is 18.5 Å². The predicted octanol–water partition coefficient (Wildman–Crippen LogP) is 0.949. The van der Waals surface area contributed by atoms with Crippen molar-refractivity contribution < 1.29 is 14.3 Å². The van der Waals surface area contributed by atoms with Gasteiger partial charge < -0.3 is 5.11 Å². The zero-order valence-electron chi connectivity index (χ0n) is 5.85. The summed E-state index contributed by atoms with van der Waals surface area (Å²) in [7, 11) is 0. The van der Waals surface area contributed by atoms with E-state index in [1.165, 1.54) is 12.4 Å². The highest BCUT2D eigenvalue weighted by Gasteiger charge is 2.18. The molecule has 0 aliphatic carbocycles. The molecule has 0 spiro atoms. The number of carboxylic acid groups (broad SMARTS) is 1. The lowest BCUT2D eigenvalue weighted by molar-refractivity contribution is -0.139.